The predicted molar refractivity (Wildman–Crippen MR) is 98.7 cm³/mol. The van der Waals surface area contributed by atoms with Gasteiger partial charge in [0.2, 0.25) is 5.91 Å². The number of nitrogens with zero attached hydrogens (tertiary/aromatic N) is 1. The molecule has 6 heteroatoms. The van der Waals surface area contributed by atoms with Crippen LogP contribution >= 0.6 is 0 Å². The van der Waals surface area contributed by atoms with E-state index in [4.69, 9.17) is 18.9 Å². The van der Waals surface area contributed by atoms with E-state index in [1.54, 1.807) is 0 Å². The summed E-state index contributed by atoms with van der Waals surface area (Å²) in [5, 5.41) is 0. The van der Waals surface area contributed by atoms with Gasteiger partial charge in [0.05, 0.1) is 12.6 Å². The number of carbonyl (C=O) groups is 1. The van der Waals surface area contributed by atoms with Gasteiger partial charge in [0.1, 0.15) is 18.3 Å². The fraction of sp³-hybridized carbons (Fsp3) is 0.667. The summed E-state index contributed by atoms with van der Waals surface area (Å²) in [6, 6.07) is 10.0. The number of hydrogen-bond acceptors (Lipinski definition) is 5. The maximum absolute atomic E-state index is 12.6. The maximum Gasteiger partial charge on any atom is 0.223 e. The Balaban J connectivity index is 1.56. The van der Waals surface area contributed by atoms with Gasteiger partial charge < -0.3 is 23.8 Å². The summed E-state index contributed by atoms with van der Waals surface area (Å²) in [5.41, 5.74) is 1.12. The van der Waals surface area contributed by atoms with Crippen LogP contribution in [0.15, 0.2) is 30.3 Å². The minimum absolute atomic E-state index is 0.0307. The van der Waals surface area contributed by atoms with Gasteiger partial charge in [0.15, 0.2) is 11.6 Å². The molecule has 27 heavy (non-hydrogen) atoms. The van der Waals surface area contributed by atoms with Crippen molar-refractivity contribution in [3.63, 3.8) is 0 Å². The van der Waals surface area contributed by atoms with E-state index in [1.807, 2.05) is 62.9 Å². The molecule has 3 aliphatic heterocycles. The standard InChI is InChI=1S/C21H29NO5/c1-20(2)24-13-16(25-20)19-18(26-21(3,4)27-19)15-10-11-17(23)22(15)12-14-8-6-5-7-9-14/h5-9,15-16,18-19H,10-13H2,1-4H3/t15-,16+,18-,19+/m0/s1. The molecule has 4 atom stereocenters. The Morgan fingerprint density at radius 2 is 1.70 bits per heavy atom. The molecule has 3 saturated heterocycles. The number of carbonyl (C=O) groups excluding carboxylic acids is 1. The molecule has 3 fully saturated rings. The van der Waals surface area contributed by atoms with Crippen molar-refractivity contribution in [2.45, 2.75) is 83.0 Å². The molecule has 0 radical (unpaired) electrons. The molecule has 3 heterocycles. The van der Waals surface area contributed by atoms with Crippen LogP contribution in [0.3, 0.4) is 0 Å². The van der Waals surface area contributed by atoms with Crippen LogP contribution in [-0.4, -0.2) is 53.3 Å². The van der Waals surface area contributed by atoms with E-state index >= 15 is 0 Å². The third kappa shape index (κ3) is 3.90. The normalized spacial score (nSPS) is 35.1. The molecular formula is C21H29NO5. The SMILES string of the molecule is CC1(C)O[C@@H]([C@@H]2CCC(=O)N2Cc2ccccc2)[C@@H]([C@H]2COC(C)(C)O2)O1. The van der Waals surface area contributed by atoms with Crippen LogP contribution in [0.5, 0.6) is 0 Å². The van der Waals surface area contributed by atoms with E-state index in [9.17, 15) is 4.79 Å². The monoisotopic (exact) mass is 375 g/mol. The molecule has 0 bridgehead atoms. The van der Waals surface area contributed by atoms with Crippen molar-refractivity contribution in [3.8, 4) is 0 Å². The number of hydrogen-bond donors (Lipinski definition) is 0. The van der Waals surface area contributed by atoms with Crippen molar-refractivity contribution in [2.75, 3.05) is 6.61 Å². The van der Waals surface area contributed by atoms with Gasteiger partial charge in [-0.1, -0.05) is 30.3 Å². The van der Waals surface area contributed by atoms with E-state index in [-0.39, 0.29) is 30.3 Å². The number of ether oxygens (including phenoxy) is 4. The minimum atomic E-state index is -0.713. The van der Waals surface area contributed by atoms with Crippen molar-refractivity contribution in [1.29, 1.82) is 0 Å². The van der Waals surface area contributed by atoms with Crippen molar-refractivity contribution >= 4 is 5.91 Å². The summed E-state index contributed by atoms with van der Waals surface area (Å²) in [7, 11) is 0. The van der Waals surface area contributed by atoms with Crippen LogP contribution in [0.4, 0.5) is 0 Å². The van der Waals surface area contributed by atoms with E-state index in [0.29, 0.717) is 19.6 Å². The Labute approximate surface area is 160 Å². The van der Waals surface area contributed by atoms with E-state index in [2.05, 4.69) is 0 Å². The Morgan fingerprint density at radius 1 is 1.00 bits per heavy atom. The van der Waals surface area contributed by atoms with Crippen molar-refractivity contribution < 1.29 is 23.7 Å². The molecule has 1 amide bonds. The fourth-order valence-electron chi connectivity index (χ4n) is 4.36. The molecule has 0 spiro atoms. The number of amides is 1. The van der Waals surface area contributed by atoms with Crippen LogP contribution in [0.25, 0.3) is 0 Å². The second-order valence-corrected chi connectivity index (χ2v) is 8.55. The molecule has 0 aromatic heterocycles. The lowest BCUT2D eigenvalue weighted by atomic mass is 9.99. The summed E-state index contributed by atoms with van der Waals surface area (Å²) in [6.07, 6.45) is 0.594. The van der Waals surface area contributed by atoms with Gasteiger partial charge in [-0.3, -0.25) is 4.79 Å². The maximum atomic E-state index is 12.6. The van der Waals surface area contributed by atoms with Crippen LogP contribution in [0, 0.1) is 0 Å². The number of likely N-dealkylation sites (tertiary alicyclic amines) is 1. The highest BCUT2D eigenvalue weighted by Crippen LogP contribution is 2.40. The van der Waals surface area contributed by atoms with Crippen LogP contribution in [0.1, 0.15) is 46.1 Å². The zero-order valence-corrected chi connectivity index (χ0v) is 16.5. The zero-order chi connectivity index (χ0) is 19.2. The Kier molecular flexibility index (Phi) is 4.79. The molecule has 6 nitrogen and oxygen atoms in total. The highest BCUT2D eigenvalue weighted by molar-refractivity contribution is 5.79. The Morgan fingerprint density at radius 3 is 2.37 bits per heavy atom. The molecular weight excluding hydrogens is 346 g/mol. The molecule has 148 valence electrons. The quantitative estimate of drug-likeness (QED) is 0.810. The smallest absolute Gasteiger partial charge is 0.223 e. The van der Waals surface area contributed by atoms with E-state index in [0.717, 1.165) is 12.0 Å². The first-order valence-electron chi connectivity index (χ1n) is 9.75. The molecule has 0 N–H and O–H groups in total. The first kappa shape index (κ1) is 18.9. The van der Waals surface area contributed by atoms with Crippen LogP contribution in [-0.2, 0) is 30.3 Å². The predicted octanol–water partition coefficient (Wildman–Crippen LogP) is 2.85. The van der Waals surface area contributed by atoms with E-state index in [1.165, 1.54) is 0 Å². The fourth-order valence-corrected chi connectivity index (χ4v) is 4.36. The Bertz CT molecular complexity index is 689. The van der Waals surface area contributed by atoms with Crippen molar-refractivity contribution in [3.05, 3.63) is 35.9 Å². The minimum Gasteiger partial charge on any atom is -0.348 e. The summed E-state index contributed by atoms with van der Waals surface area (Å²) in [6.45, 7) is 8.70. The largest absolute Gasteiger partial charge is 0.348 e. The molecule has 1 aromatic rings. The van der Waals surface area contributed by atoms with Gasteiger partial charge in [0, 0.05) is 13.0 Å². The van der Waals surface area contributed by atoms with Crippen LogP contribution < -0.4 is 0 Å². The van der Waals surface area contributed by atoms with Crippen molar-refractivity contribution in [2.24, 2.45) is 0 Å². The summed E-state index contributed by atoms with van der Waals surface area (Å²) in [4.78, 5) is 14.6. The van der Waals surface area contributed by atoms with Gasteiger partial charge in [-0.2, -0.15) is 0 Å². The third-order valence-corrected chi connectivity index (χ3v) is 5.51. The van der Waals surface area contributed by atoms with Crippen molar-refractivity contribution in [1.82, 2.24) is 4.90 Å². The zero-order valence-electron chi connectivity index (χ0n) is 16.5. The summed E-state index contributed by atoms with van der Waals surface area (Å²) < 4.78 is 24.3. The Hall–Kier alpha value is -1.47. The van der Waals surface area contributed by atoms with Gasteiger partial charge in [-0.25, -0.2) is 0 Å². The molecule has 4 rings (SSSR count). The molecule has 0 unspecified atom stereocenters. The topological polar surface area (TPSA) is 57.2 Å². The highest BCUT2D eigenvalue weighted by Gasteiger charge is 2.54. The van der Waals surface area contributed by atoms with Gasteiger partial charge in [0.25, 0.3) is 0 Å². The first-order valence-corrected chi connectivity index (χ1v) is 9.75. The first-order chi connectivity index (χ1) is 12.7. The lowest BCUT2D eigenvalue weighted by Crippen LogP contribution is -2.49. The van der Waals surface area contributed by atoms with E-state index < -0.39 is 11.6 Å². The van der Waals surface area contributed by atoms with Gasteiger partial charge in [-0.05, 0) is 39.7 Å². The van der Waals surface area contributed by atoms with Crippen LogP contribution in [0.2, 0.25) is 0 Å². The lowest BCUT2D eigenvalue weighted by Gasteiger charge is -2.33. The van der Waals surface area contributed by atoms with Gasteiger partial charge in [-0.15, -0.1) is 0 Å². The lowest BCUT2D eigenvalue weighted by molar-refractivity contribution is -0.175. The number of benzene rings is 1. The molecule has 1 aromatic carbocycles. The second kappa shape index (κ2) is 6.85. The summed E-state index contributed by atoms with van der Waals surface area (Å²) in [5.74, 6) is -1.17. The average Bonchev–Trinajstić information content (AvgIpc) is 3.24. The number of rotatable bonds is 4. The molecule has 0 saturated carbocycles. The highest BCUT2D eigenvalue weighted by atomic mass is 16.8. The van der Waals surface area contributed by atoms with Gasteiger partial charge >= 0.3 is 0 Å². The third-order valence-electron chi connectivity index (χ3n) is 5.51. The second-order valence-electron chi connectivity index (χ2n) is 8.55. The molecule has 3 aliphatic rings. The summed E-state index contributed by atoms with van der Waals surface area (Å²) >= 11 is 0. The molecule has 0 aliphatic carbocycles. The average molecular weight is 375 g/mol.